The molecule has 0 aromatic heterocycles. The van der Waals surface area contributed by atoms with Crippen LogP contribution in [0.1, 0.15) is 22.8 Å². The molecular weight excluding hydrogens is 334 g/mol. The predicted molar refractivity (Wildman–Crippen MR) is 96.0 cm³/mol. The molecule has 26 heavy (non-hydrogen) atoms. The van der Waals surface area contributed by atoms with Crippen LogP contribution in [0.4, 0.5) is 0 Å². The summed E-state index contributed by atoms with van der Waals surface area (Å²) < 4.78 is 10.1. The van der Waals surface area contributed by atoms with Crippen molar-refractivity contribution >= 4 is 17.7 Å². The molecule has 0 heterocycles. The summed E-state index contributed by atoms with van der Waals surface area (Å²) in [6.07, 6.45) is -0.768. The monoisotopic (exact) mass is 355 g/mol. The lowest BCUT2D eigenvalue weighted by Gasteiger charge is -2.13. The highest BCUT2D eigenvalue weighted by Gasteiger charge is 2.19. The Morgan fingerprint density at radius 3 is 2.27 bits per heavy atom. The predicted octanol–water partition coefficient (Wildman–Crippen LogP) is 2.17. The van der Waals surface area contributed by atoms with Gasteiger partial charge in [0.1, 0.15) is 12.3 Å². The lowest BCUT2D eigenvalue weighted by Crippen LogP contribution is -2.34. The highest BCUT2D eigenvalue weighted by Crippen LogP contribution is 2.13. The van der Waals surface area contributed by atoms with Crippen molar-refractivity contribution in [3.8, 4) is 5.75 Å². The van der Waals surface area contributed by atoms with Crippen molar-refractivity contribution in [2.75, 3.05) is 13.7 Å². The van der Waals surface area contributed by atoms with Gasteiger partial charge in [0.2, 0.25) is 11.7 Å². The van der Waals surface area contributed by atoms with Crippen molar-refractivity contribution in [3.05, 3.63) is 65.7 Å². The number of ether oxygens (including phenoxy) is 2. The van der Waals surface area contributed by atoms with Gasteiger partial charge in [-0.1, -0.05) is 30.3 Å². The first kappa shape index (κ1) is 19.2. The summed E-state index contributed by atoms with van der Waals surface area (Å²) >= 11 is 0. The molecule has 0 fully saturated rings. The van der Waals surface area contributed by atoms with Crippen molar-refractivity contribution in [2.45, 2.75) is 19.4 Å². The van der Waals surface area contributed by atoms with Gasteiger partial charge in [-0.25, -0.2) is 0 Å². The fourth-order valence-corrected chi connectivity index (χ4v) is 2.30. The minimum Gasteiger partial charge on any atom is -0.497 e. The zero-order chi connectivity index (χ0) is 18.9. The second-order valence-corrected chi connectivity index (χ2v) is 5.66. The lowest BCUT2D eigenvalue weighted by molar-refractivity contribution is -0.146. The molecule has 1 atom stereocenters. The number of esters is 1. The van der Waals surface area contributed by atoms with E-state index < -0.39 is 12.1 Å². The molecule has 0 saturated carbocycles. The van der Waals surface area contributed by atoms with Gasteiger partial charge in [0.15, 0.2) is 6.10 Å². The summed E-state index contributed by atoms with van der Waals surface area (Å²) in [5, 5.41) is 2.49. The van der Waals surface area contributed by atoms with E-state index in [0.717, 1.165) is 5.56 Å². The highest BCUT2D eigenvalue weighted by atomic mass is 16.5. The molecule has 0 bridgehead atoms. The molecule has 0 aliphatic carbocycles. The number of amides is 1. The maximum atomic E-state index is 12.3. The minimum atomic E-state index is -0.943. The van der Waals surface area contributed by atoms with Crippen molar-refractivity contribution in [2.24, 2.45) is 0 Å². The van der Waals surface area contributed by atoms with Gasteiger partial charge < -0.3 is 14.8 Å². The average molecular weight is 355 g/mol. The molecule has 0 aliphatic heterocycles. The van der Waals surface area contributed by atoms with Crippen LogP contribution in [0.3, 0.4) is 0 Å². The van der Waals surface area contributed by atoms with Gasteiger partial charge in [-0.3, -0.25) is 14.4 Å². The number of nitrogens with one attached hydrogen (secondary N) is 1. The lowest BCUT2D eigenvalue weighted by atomic mass is 10.1. The number of carbonyl (C=O) groups is 3. The molecule has 0 aliphatic rings. The molecule has 136 valence electrons. The van der Waals surface area contributed by atoms with Crippen molar-refractivity contribution in [1.82, 2.24) is 5.32 Å². The summed E-state index contributed by atoms with van der Waals surface area (Å²) in [6, 6.07) is 15.7. The molecule has 6 nitrogen and oxygen atoms in total. The van der Waals surface area contributed by atoms with E-state index in [-0.39, 0.29) is 24.7 Å². The van der Waals surface area contributed by atoms with E-state index in [1.807, 2.05) is 30.3 Å². The molecule has 0 spiro atoms. The molecule has 0 unspecified atom stereocenters. The Balaban J connectivity index is 1.78. The van der Waals surface area contributed by atoms with Gasteiger partial charge in [-0.15, -0.1) is 0 Å². The minimum absolute atomic E-state index is 0.175. The first-order valence-electron chi connectivity index (χ1n) is 8.18. The van der Waals surface area contributed by atoms with Gasteiger partial charge in [0.05, 0.1) is 13.5 Å². The van der Waals surface area contributed by atoms with Gasteiger partial charge in [-0.05, 0) is 36.8 Å². The summed E-state index contributed by atoms with van der Waals surface area (Å²) in [5.74, 6) is -0.646. The van der Waals surface area contributed by atoms with Gasteiger partial charge in [-0.2, -0.15) is 0 Å². The zero-order valence-corrected chi connectivity index (χ0v) is 14.7. The summed E-state index contributed by atoms with van der Waals surface area (Å²) in [7, 11) is 1.54. The van der Waals surface area contributed by atoms with Crippen molar-refractivity contribution in [3.63, 3.8) is 0 Å². The van der Waals surface area contributed by atoms with Gasteiger partial charge in [0.25, 0.3) is 0 Å². The Bertz CT molecular complexity index is 756. The van der Waals surface area contributed by atoms with E-state index in [1.165, 1.54) is 14.0 Å². The molecule has 2 aromatic carbocycles. The first-order chi connectivity index (χ1) is 12.5. The van der Waals surface area contributed by atoms with Crippen LogP contribution in [-0.2, 0) is 20.7 Å². The van der Waals surface area contributed by atoms with Gasteiger partial charge in [0, 0.05) is 5.56 Å². The third-order valence-electron chi connectivity index (χ3n) is 3.69. The molecule has 1 amide bonds. The Morgan fingerprint density at radius 2 is 1.65 bits per heavy atom. The van der Waals surface area contributed by atoms with Crippen molar-refractivity contribution in [1.29, 1.82) is 0 Å². The largest absolute Gasteiger partial charge is 0.497 e. The Hall–Kier alpha value is -3.15. The third-order valence-corrected chi connectivity index (χ3v) is 3.69. The van der Waals surface area contributed by atoms with Gasteiger partial charge >= 0.3 is 5.97 Å². The number of Topliss-reactive ketones (excluding diaryl/α,β-unsaturated/α-hetero) is 1. The number of rotatable bonds is 8. The number of hydrogen-bond donors (Lipinski definition) is 1. The Morgan fingerprint density at radius 1 is 1.00 bits per heavy atom. The maximum Gasteiger partial charge on any atom is 0.326 e. The maximum absolute atomic E-state index is 12.3. The first-order valence-corrected chi connectivity index (χ1v) is 8.18. The summed E-state index contributed by atoms with van der Waals surface area (Å²) in [4.78, 5) is 35.9. The summed E-state index contributed by atoms with van der Waals surface area (Å²) in [6.45, 7) is 1.21. The van der Waals surface area contributed by atoms with Crippen molar-refractivity contribution < 1.29 is 23.9 Å². The molecule has 6 heteroatoms. The molecule has 0 saturated heterocycles. The van der Waals surface area contributed by atoms with Crippen LogP contribution >= 0.6 is 0 Å². The Kier molecular flexibility index (Phi) is 6.91. The average Bonchev–Trinajstić information content (AvgIpc) is 2.66. The standard InChI is InChI=1S/C20H21NO5/c1-14(20(24)16-8-10-17(25-2)11-9-16)26-19(23)13-21-18(22)12-15-6-4-3-5-7-15/h3-11,14H,12-13H2,1-2H3,(H,21,22)/t14-/m0/s1. The molecule has 0 radical (unpaired) electrons. The van der Waals surface area contributed by atoms with Crippen LogP contribution in [0.5, 0.6) is 5.75 Å². The second kappa shape index (κ2) is 9.36. The fourth-order valence-electron chi connectivity index (χ4n) is 2.30. The zero-order valence-electron chi connectivity index (χ0n) is 14.7. The number of carbonyl (C=O) groups excluding carboxylic acids is 3. The molecule has 2 rings (SSSR count). The number of ketones is 1. The highest BCUT2D eigenvalue weighted by molar-refractivity contribution is 6.00. The van der Waals surface area contributed by atoms with E-state index in [4.69, 9.17) is 9.47 Å². The molecule has 1 N–H and O–H groups in total. The van der Waals surface area contributed by atoms with Crippen LogP contribution < -0.4 is 10.1 Å². The van der Waals surface area contributed by atoms with E-state index in [1.54, 1.807) is 24.3 Å². The van der Waals surface area contributed by atoms with Crippen LogP contribution in [0, 0.1) is 0 Å². The van der Waals surface area contributed by atoms with Crippen LogP contribution in [0.15, 0.2) is 54.6 Å². The SMILES string of the molecule is COc1ccc(C(=O)[C@H](C)OC(=O)CNC(=O)Cc2ccccc2)cc1. The van der Waals surface area contributed by atoms with E-state index in [9.17, 15) is 14.4 Å². The van der Waals surface area contributed by atoms with E-state index >= 15 is 0 Å². The third kappa shape index (κ3) is 5.73. The second-order valence-electron chi connectivity index (χ2n) is 5.66. The summed E-state index contributed by atoms with van der Waals surface area (Å²) in [5.41, 5.74) is 1.26. The Labute approximate surface area is 152 Å². The quantitative estimate of drug-likeness (QED) is 0.580. The van der Waals surface area contributed by atoms with Crippen LogP contribution in [0.2, 0.25) is 0 Å². The van der Waals surface area contributed by atoms with E-state index in [2.05, 4.69) is 5.32 Å². The number of methoxy groups -OCH3 is 1. The molecular formula is C20H21NO5. The number of hydrogen-bond acceptors (Lipinski definition) is 5. The fraction of sp³-hybridized carbons (Fsp3) is 0.250. The van der Waals surface area contributed by atoms with E-state index in [0.29, 0.717) is 11.3 Å². The van der Waals surface area contributed by atoms with Crippen LogP contribution in [-0.4, -0.2) is 37.4 Å². The normalized spacial score (nSPS) is 11.3. The van der Waals surface area contributed by atoms with Crippen LogP contribution in [0.25, 0.3) is 0 Å². The number of benzene rings is 2. The topological polar surface area (TPSA) is 81.7 Å². The molecule has 2 aromatic rings. The smallest absolute Gasteiger partial charge is 0.326 e.